The number of halogens is 2. The number of hydrogen-bond donors (Lipinski definition) is 1. The second kappa shape index (κ2) is 10.7. The van der Waals surface area contributed by atoms with Gasteiger partial charge >= 0.3 is 0 Å². The molecular formula is C27H30F2N8O2S. The number of pyridine rings is 1. The van der Waals surface area contributed by atoms with E-state index >= 15 is 8.78 Å². The van der Waals surface area contributed by atoms with Gasteiger partial charge in [0.2, 0.25) is 5.95 Å². The van der Waals surface area contributed by atoms with E-state index in [0.717, 1.165) is 37.7 Å². The quantitative estimate of drug-likeness (QED) is 0.377. The lowest BCUT2D eigenvalue weighted by molar-refractivity contribution is 0.278. The molecule has 210 valence electrons. The van der Waals surface area contributed by atoms with E-state index in [-0.39, 0.29) is 42.4 Å². The van der Waals surface area contributed by atoms with Crippen molar-refractivity contribution in [1.29, 1.82) is 0 Å². The molecule has 0 saturated carbocycles. The molecule has 2 fully saturated rings. The molecule has 2 aliphatic heterocycles. The summed E-state index contributed by atoms with van der Waals surface area (Å²) < 4.78 is 55.2. The van der Waals surface area contributed by atoms with Gasteiger partial charge in [0, 0.05) is 69.2 Å². The summed E-state index contributed by atoms with van der Waals surface area (Å²) in [6.45, 7) is 4.37. The van der Waals surface area contributed by atoms with Crippen LogP contribution in [0.4, 0.5) is 26.2 Å². The molecule has 0 unspecified atom stereocenters. The molecule has 0 radical (unpaired) electrons. The van der Waals surface area contributed by atoms with Crippen LogP contribution in [0.1, 0.15) is 5.56 Å². The van der Waals surface area contributed by atoms with Crippen molar-refractivity contribution in [2.24, 2.45) is 0 Å². The molecule has 3 aromatic heterocycles. The van der Waals surface area contributed by atoms with Gasteiger partial charge in [-0.3, -0.25) is 4.90 Å². The Morgan fingerprint density at radius 2 is 1.65 bits per heavy atom. The molecular weight excluding hydrogens is 538 g/mol. The van der Waals surface area contributed by atoms with Crippen LogP contribution < -0.4 is 10.2 Å². The van der Waals surface area contributed by atoms with Crippen molar-refractivity contribution >= 4 is 38.3 Å². The van der Waals surface area contributed by atoms with Gasteiger partial charge in [-0.2, -0.15) is 4.98 Å². The van der Waals surface area contributed by atoms with Gasteiger partial charge in [-0.15, -0.1) is 0 Å². The number of anilines is 3. The van der Waals surface area contributed by atoms with E-state index in [9.17, 15) is 8.42 Å². The maximum atomic E-state index is 15.1. The zero-order valence-corrected chi connectivity index (χ0v) is 22.9. The standard InChI is InChI=1S/C27H30F2N8O2S/c1-34-6-8-36(9-7-34)25-3-2-20(17-30-25)32-27-31-16-19-4-5-37(26(19)33-27)21-14-23(28)22(24(29)15-21)18-35-10-12-40(38,39)13-11-35/h2-5,14-17H,6-13,18H2,1H3,(H,31,32,33). The van der Waals surface area contributed by atoms with Crippen molar-refractivity contribution in [3.63, 3.8) is 0 Å². The van der Waals surface area contributed by atoms with E-state index in [2.05, 4.69) is 37.1 Å². The summed E-state index contributed by atoms with van der Waals surface area (Å²) in [5.74, 6) is -0.138. The average Bonchev–Trinajstić information content (AvgIpc) is 3.36. The van der Waals surface area contributed by atoms with E-state index < -0.39 is 21.5 Å². The summed E-state index contributed by atoms with van der Waals surface area (Å²) in [4.78, 5) is 19.9. The van der Waals surface area contributed by atoms with Crippen molar-refractivity contribution in [3.05, 3.63) is 66.1 Å². The van der Waals surface area contributed by atoms with Crippen molar-refractivity contribution in [2.75, 3.05) is 68.0 Å². The first-order chi connectivity index (χ1) is 19.2. The fraction of sp³-hybridized carbons (Fsp3) is 0.370. The van der Waals surface area contributed by atoms with Crippen LogP contribution in [-0.4, -0.2) is 95.6 Å². The molecule has 10 nitrogen and oxygen atoms in total. The van der Waals surface area contributed by atoms with Gasteiger partial charge in [0.05, 0.1) is 29.1 Å². The van der Waals surface area contributed by atoms with Crippen molar-refractivity contribution in [1.82, 2.24) is 29.3 Å². The van der Waals surface area contributed by atoms with Crippen LogP contribution in [0.2, 0.25) is 0 Å². The minimum atomic E-state index is -3.07. The molecule has 0 bridgehead atoms. The molecule has 2 saturated heterocycles. The smallest absolute Gasteiger partial charge is 0.229 e. The second-order valence-corrected chi connectivity index (χ2v) is 12.6. The number of piperazine rings is 1. The normalized spacial score (nSPS) is 18.3. The summed E-state index contributed by atoms with van der Waals surface area (Å²) in [5.41, 5.74) is 1.43. The Labute approximate surface area is 231 Å². The van der Waals surface area contributed by atoms with Gasteiger partial charge in [-0.25, -0.2) is 27.2 Å². The van der Waals surface area contributed by atoms with Gasteiger partial charge in [0.1, 0.15) is 23.1 Å². The Balaban J connectivity index is 1.20. The molecule has 0 spiro atoms. The minimum absolute atomic E-state index is 0.00375. The summed E-state index contributed by atoms with van der Waals surface area (Å²) >= 11 is 0. The van der Waals surface area contributed by atoms with Crippen molar-refractivity contribution < 1.29 is 17.2 Å². The number of rotatable bonds is 6. The first-order valence-corrected chi connectivity index (χ1v) is 15.0. The SMILES string of the molecule is CN1CCN(c2ccc(Nc3ncc4ccn(-c5cc(F)c(CN6CCS(=O)(=O)CC6)c(F)c5)c4n3)cn2)CC1. The number of nitrogens with one attached hydrogen (secondary N) is 1. The zero-order chi connectivity index (χ0) is 27.9. The van der Waals surface area contributed by atoms with Crippen LogP contribution in [0.3, 0.4) is 0 Å². The number of likely N-dealkylation sites (N-methyl/N-ethyl adjacent to an activating group) is 1. The minimum Gasteiger partial charge on any atom is -0.354 e. The second-order valence-electron chi connectivity index (χ2n) is 10.3. The molecule has 0 aliphatic carbocycles. The van der Waals surface area contributed by atoms with Gasteiger partial charge in [0.15, 0.2) is 9.84 Å². The topological polar surface area (TPSA) is 99.5 Å². The van der Waals surface area contributed by atoms with E-state index in [4.69, 9.17) is 0 Å². The Morgan fingerprint density at radius 3 is 2.33 bits per heavy atom. The number of fused-ring (bicyclic) bond motifs is 1. The first-order valence-electron chi connectivity index (χ1n) is 13.2. The molecule has 5 heterocycles. The van der Waals surface area contributed by atoms with Crippen LogP contribution in [-0.2, 0) is 16.4 Å². The highest BCUT2D eigenvalue weighted by molar-refractivity contribution is 7.91. The highest BCUT2D eigenvalue weighted by Gasteiger charge is 2.24. The predicted molar refractivity (Wildman–Crippen MR) is 150 cm³/mol. The molecule has 0 amide bonds. The molecule has 2 aliphatic rings. The lowest BCUT2D eigenvalue weighted by Gasteiger charge is -2.33. The van der Waals surface area contributed by atoms with Crippen LogP contribution in [0.5, 0.6) is 0 Å². The maximum absolute atomic E-state index is 15.1. The molecule has 0 atom stereocenters. The van der Waals surface area contributed by atoms with E-state index in [1.54, 1.807) is 34.1 Å². The van der Waals surface area contributed by atoms with E-state index in [1.807, 2.05) is 12.1 Å². The first kappa shape index (κ1) is 26.5. The summed E-state index contributed by atoms with van der Waals surface area (Å²) in [6.07, 6.45) is 5.08. The molecule has 1 N–H and O–H groups in total. The lowest BCUT2D eigenvalue weighted by Crippen LogP contribution is -2.44. The Morgan fingerprint density at radius 1 is 0.925 bits per heavy atom. The third-order valence-corrected chi connectivity index (χ3v) is 9.09. The molecule has 13 heteroatoms. The maximum Gasteiger partial charge on any atom is 0.229 e. The summed E-state index contributed by atoms with van der Waals surface area (Å²) in [7, 11) is -0.962. The lowest BCUT2D eigenvalue weighted by atomic mass is 10.1. The fourth-order valence-electron chi connectivity index (χ4n) is 5.01. The van der Waals surface area contributed by atoms with Crippen molar-refractivity contribution in [3.8, 4) is 5.69 Å². The Hall–Kier alpha value is -3.68. The van der Waals surface area contributed by atoms with Crippen LogP contribution in [0.25, 0.3) is 16.7 Å². The molecule has 40 heavy (non-hydrogen) atoms. The average molecular weight is 569 g/mol. The number of benzene rings is 1. The van der Waals surface area contributed by atoms with Gasteiger partial charge in [-0.05, 0) is 37.4 Å². The Kier molecular flexibility index (Phi) is 7.11. The molecule has 6 rings (SSSR count). The van der Waals surface area contributed by atoms with E-state index in [1.165, 1.54) is 12.1 Å². The van der Waals surface area contributed by atoms with E-state index in [0.29, 0.717) is 17.0 Å². The fourth-order valence-corrected chi connectivity index (χ4v) is 6.29. The number of sulfone groups is 1. The monoisotopic (exact) mass is 568 g/mol. The molecule has 4 aromatic rings. The van der Waals surface area contributed by atoms with Crippen molar-refractivity contribution in [2.45, 2.75) is 6.54 Å². The Bertz CT molecular complexity index is 1600. The predicted octanol–water partition coefficient (Wildman–Crippen LogP) is 2.82. The largest absolute Gasteiger partial charge is 0.354 e. The molecule has 1 aromatic carbocycles. The van der Waals surface area contributed by atoms with Crippen LogP contribution >= 0.6 is 0 Å². The number of nitrogens with zero attached hydrogens (tertiary/aromatic N) is 7. The summed E-state index contributed by atoms with van der Waals surface area (Å²) in [6, 6.07) is 8.21. The number of hydrogen-bond acceptors (Lipinski definition) is 9. The van der Waals surface area contributed by atoms with Crippen LogP contribution in [0.15, 0.2) is 48.9 Å². The zero-order valence-electron chi connectivity index (χ0n) is 22.1. The highest BCUT2D eigenvalue weighted by atomic mass is 32.2. The summed E-state index contributed by atoms with van der Waals surface area (Å²) in [5, 5.41) is 3.88. The van der Waals surface area contributed by atoms with Gasteiger partial charge in [0.25, 0.3) is 0 Å². The van der Waals surface area contributed by atoms with Gasteiger partial charge in [-0.1, -0.05) is 0 Å². The number of aromatic nitrogens is 4. The van der Waals surface area contributed by atoms with Gasteiger partial charge < -0.3 is 19.7 Å². The third kappa shape index (κ3) is 5.62. The van der Waals surface area contributed by atoms with Crippen LogP contribution in [0, 0.1) is 11.6 Å². The highest BCUT2D eigenvalue weighted by Crippen LogP contribution is 2.25. The third-order valence-electron chi connectivity index (χ3n) is 7.48.